The van der Waals surface area contributed by atoms with E-state index in [-0.39, 0.29) is 5.56 Å². The lowest BCUT2D eigenvalue weighted by molar-refractivity contribution is 0.988. The summed E-state index contributed by atoms with van der Waals surface area (Å²) in [7, 11) is 0. The van der Waals surface area contributed by atoms with Crippen LogP contribution >= 0.6 is 27.5 Å². The normalized spacial score (nSPS) is 10.3. The predicted molar refractivity (Wildman–Crippen MR) is 76.2 cm³/mol. The first-order valence-corrected chi connectivity index (χ1v) is 6.55. The predicted octanol–water partition coefficient (Wildman–Crippen LogP) is 2.84. The molecule has 94 valence electrons. The number of H-pyrrole nitrogens is 1. The van der Waals surface area contributed by atoms with Crippen LogP contribution in [0.5, 0.6) is 0 Å². The Bertz CT molecular complexity index is 583. The molecule has 18 heavy (non-hydrogen) atoms. The van der Waals surface area contributed by atoms with E-state index in [1.54, 1.807) is 0 Å². The number of anilines is 1. The van der Waals surface area contributed by atoms with E-state index < -0.39 is 0 Å². The number of nitrogens with one attached hydrogen (secondary N) is 2. The molecular weight excluding hydrogens is 318 g/mol. The number of aromatic nitrogens is 2. The van der Waals surface area contributed by atoms with Crippen LogP contribution in [0.25, 0.3) is 0 Å². The molecule has 6 heteroatoms. The van der Waals surface area contributed by atoms with Crippen molar-refractivity contribution in [2.45, 2.75) is 6.42 Å². The maximum atomic E-state index is 11.3. The SMILES string of the molecule is O=c1[nH]cnc(NCCc2ccc(Cl)cc2)c1Br. The molecule has 2 aromatic rings. The fourth-order valence-electron chi connectivity index (χ4n) is 1.48. The number of benzene rings is 1. The van der Waals surface area contributed by atoms with E-state index in [1.807, 2.05) is 24.3 Å². The van der Waals surface area contributed by atoms with Crippen LogP contribution in [0, 0.1) is 0 Å². The van der Waals surface area contributed by atoms with Crippen LogP contribution < -0.4 is 10.9 Å². The lowest BCUT2D eigenvalue weighted by Gasteiger charge is -2.06. The van der Waals surface area contributed by atoms with E-state index in [1.165, 1.54) is 11.9 Å². The van der Waals surface area contributed by atoms with E-state index in [0.29, 0.717) is 16.8 Å². The van der Waals surface area contributed by atoms with Crippen molar-refractivity contribution in [2.24, 2.45) is 0 Å². The fourth-order valence-corrected chi connectivity index (χ4v) is 1.97. The molecule has 0 amide bonds. The van der Waals surface area contributed by atoms with Gasteiger partial charge in [0.05, 0.1) is 6.33 Å². The molecule has 0 aliphatic heterocycles. The van der Waals surface area contributed by atoms with Gasteiger partial charge in [0.1, 0.15) is 10.3 Å². The van der Waals surface area contributed by atoms with Gasteiger partial charge in [-0.1, -0.05) is 23.7 Å². The van der Waals surface area contributed by atoms with Crippen LogP contribution in [0.3, 0.4) is 0 Å². The first-order chi connectivity index (χ1) is 8.66. The Hall–Kier alpha value is -1.33. The first kappa shape index (κ1) is 13.1. The van der Waals surface area contributed by atoms with Crippen LogP contribution in [0.4, 0.5) is 5.82 Å². The standard InChI is InChI=1S/C12H11BrClN3O/c13-10-11(16-7-17-12(10)18)15-6-5-8-1-3-9(14)4-2-8/h1-4,7H,5-6H2,(H2,15,16,17,18). The molecular formula is C12H11BrClN3O. The molecule has 1 heterocycles. The van der Waals surface area contributed by atoms with Crippen molar-refractivity contribution in [1.82, 2.24) is 9.97 Å². The Morgan fingerprint density at radius 3 is 2.78 bits per heavy atom. The van der Waals surface area contributed by atoms with Gasteiger partial charge in [0, 0.05) is 11.6 Å². The Kier molecular flexibility index (Phi) is 4.38. The van der Waals surface area contributed by atoms with Crippen LogP contribution in [0.2, 0.25) is 5.02 Å². The quantitative estimate of drug-likeness (QED) is 0.907. The monoisotopic (exact) mass is 327 g/mol. The zero-order valence-corrected chi connectivity index (χ0v) is 11.8. The number of hydrogen-bond donors (Lipinski definition) is 2. The molecule has 0 aliphatic carbocycles. The average molecular weight is 329 g/mol. The minimum atomic E-state index is -0.195. The number of halogens is 2. The van der Waals surface area contributed by atoms with Gasteiger partial charge in [0.15, 0.2) is 0 Å². The van der Waals surface area contributed by atoms with Crippen molar-refractivity contribution in [3.05, 3.63) is 56.0 Å². The van der Waals surface area contributed by atoms with E-state index in [0.717, 1.165) is 11.4 Å². The molecule has 1 aromatic carbocycles. The molecule has 0 unspecified atom stereocenters. The Balaban J connectivity index is 1.94. The highest BCUT2D eigenvalue weighted by Gasteiger charge is 2.03. The smallest absolute Gasteiger partial charge is 0.267 e. The molecule has 0 bridgehead atoms. The highest BCUT2D eigenvalue weighted by molar-refractivity contribution is 9.10. The summed E-state index contributed by atoms with van der Waals surface area (Å²) in [5.41, 5.74) is 0.979. The Labute approximate surface area is 118 Å². The van der Waals surface area contributed by atoms with Gasteiger partial charge < -0.3 is 10.3 Å². The number of rotatable bonds is 4. The van der Waals surface area contributed by atoms with E-state index in [2.05, 4.69) is 31.2 Å². The topological polar surface area (TPSA) is 57.8 Å². The lowest BCUT2D eigenvalue weighted by atomic mass is 10.1. The van der Waals surface area contributed by atoms with Crippen molar-refractivity contribution in [1.29, 1.82) is 0 Å². The van der Waals surface area contributed by atoms with Crippen LogP contribution in [-0.4, -0.2) is 16.5 Å². The molecule has 4 nitrogen and oxygen atoms in total. The van der Waals surface area contributed by atoms with E-state index in [9.17, 15) is 4.79 Å². The minimum Gasteiger partial charge on any atom is -0.369 e. The number of hydrogen-bond acceptors (Lipinski definition) is 3. The van der Waals surface area contributed by atoms with Gasteiger partial charge in [-0.25, -0.2) is 4.98 Å². The molecule has 0 radical (unpaired) electrons. The Morgan fingerprint density at radius 1 is 1.33 bits per heavy atom. The summed E-state index contributed by atoms with van der Waals surface area (Å²) in [5, 5.41) is 3.83. The highest BCUT2D eigenvalue weighted by atomic mass is 79.9. The van der Waals surface area contributed by atoms with Crippen LogP contribution in [0.1, 0.15) is 5.56 Å². The second-order valence-electron chi connectivity index (χ2n) is 3.70. The maximum absolute atomic E-state index is 11.3. The lowest BCUT2D eigenvalue weighted by Crippen LogP contribution is -2.13. The molecule has 2 N–H and O–H groups in total. The molecule has 0 atom stereocenters. The van der Waals surface area contributed by atoms with Crippen LogP contribution in [0.15, 0.2) is 39.9 Å². The van der Waals surface area contributed by atoms with Gasteiger partial charge in [-0.15, -0.1) is 0 Å². The zero-order chi connectivity index (χ0) is 13.0. The first-order valence-electron chi connectivity index (χ1n) is 5.38. The molecule has 0 saturated heterocycles. The van der Waals surface area contributed by atoms with Crippen molar-refractivity contribution in [2.75, 3.05) is 11.9 Å². The van der Waals surface area contributed by atoms with Gasteiger partial charge in [0.25, 0.3) is 5.56 Å². The molecule has 0 saturated carbocycles. The maximum Gasteiger partial charge on any atom is 0.267 e. The largest absolute Gasteiger partial charge is 0.369 e. The summed E-state index contributed by atoms with van der Waals surface area (Å²) in [6.07, 6.45) is 2.20. The molecule has 0 aliphatic rings. The second kappa shape index (κ2) is 6.02. The highest BCUT2D eigenvalue weighted by Crippen LogP contribution is 2.14. The minimum absolute atomic E-state index is 0.195. The second-order valence-corrected chi connectivity index (χ2v) is 4.93. The van der Waals surface area contributed by atoms with Crippen molar-refractivity contribution >= 4 is 33.3 Å². The fraction of sp³-hybridized carbons (Fsp3) is 0.167. The summed E-state index contributed by atoms with van der Waals surface area (Å²) < 4.78 is 0.418. The van der Waals surface area contributed by atoms with Gasteiger partial charge in [0.2, 0.25) is 0 Å². The van der Waals surface area contributed by atoms with Gasteiger partial charge in [-0.2, -0.15) is 0 Å². The third kappa shape index (κ3) is 3.34. The molecule has 1 aromatic heterocycles. The van der Waals surface area contributed by atoms with Crippen molar-refractivity contribution in [3.8, 4) is 0 Å². The summed E-state index contributed by atoms with van der Waals surface area (Å²) in [4.78, 5) is 17.8. The summed E-state index contributed by atoms with van der Waals surface area (Å²) >= 11 is 9.00. The van der Waals surface area contributed by atoms with Gasteiger partial charge in [-0.3, -0.25) is 4.79 Å². The van der Waals surface area contributed by atoms with E-state index >= 15 is 0 Å². The molecule has 0 fully saturated rings. The van der Waals surface area contributed by atoms with Crippen molar-refractivity contribution < 1.29 is 0 Å². The number of nitrogens with zero attached hydrogens (tertiary/aromatic N) is 1. The van der Waals surface area contributed by atoms with Gasteiger partial charge >= 0.3 is 0 Å². The van der Waals surface area contributed by atoms with Crippen molar-refractivity contribution in [3.63, 3.8) is 0 Å². The molecule has 2 rings (SSSR count). The third-order valence-corrected chi connectivity index (χ3v) is 3.40. The summed E-state index contributed by atoms with van der Waals surface area (Å²) in [5.74, 6) is 0.549. The Morgan fingerprint density at radius 2 is 2.06 bits per heavy atom. The average Bonchev–Trinajstić information content (AvgIpc) is 2.37. The summed E-state index contributed by atoms with van der Waals surface area (Å²) in [6.45, 7) is 0.691. The molecule has 0 spiro atoms. The zero-order valence-electron chi connectivity index (χ0n) is 9.41. The van der Waals surface area contributed by atoms with Crippen LogP contribution in [-0.2, 0) is 6.42 Å². The number of aromatic amines is 1. The summed E-state index contributed by atoms with van der Waals surface area (Å²) in [6, 6.07) is 7.67. The third-order valence-electron chi connectivity index (χ3n) is 2.42. The van der Waals surface area contributed by atoms with Gasteiger partial charge in [-0.05, 0) is 40.0 Å². The van der Waals surface area contributed by atoms with E-state index in [4.69, 9.17) is 11.6 Å².